The molecule has 0 heterocycles. The lowest BCUT2D eigenvalue weighted by Gasteiger charge is -2.15. The van der Waals surface area contributed by atoms with Crippen molar-refractivity contribution in [2.24, 2.45) is 0 Å². The third-order valence-corrected chi connectivity index (χ3v) is 4.45. The fourth-order valence-electron chi connectivity index (χ4n) is 2.09. The molecule has 0 aromatic heterocycles. The summed E-state index contributed by atoms with van der Waals surface area (Å²) in [5.74, 6) is 1.30. The average molecular weight is 405 g/mol. The average Bonchev–Trinajstić information content (AvgIpc) is 2.49. The van der Waals surface area contributed by atoms with Crippen LogP contribution >= 0.6 is 30.6 Å². The van der Waals surface area contributed by atoms with E-state index in [1.54, 1.807) is 18.2 Å². The highest BCUT2D eigenvalue weighted by molar-refractivity contribution is 7.56. The second-order valence-corrected chi connectivity index (χ2v) is 9.19. The second-order valence-electron chi connectivity index (χ2n) is 6.02. The fourth-order valence-corrected chi connectivity index (χ4v) is 3.02. The lowest BCUT2D eigenvalue weighted by molar-refractivity contribution is 0.352. The van der Waals surface area contributed by atoms with Gasteiger partial charge in [0.15, 0.2) is 12.1 Å². The van der Waals surface area contributed by atoms with Gasteiger partial charge in [-0.25, -0.2) is 0 Å². The molecule has 2 aromatic carbocycles. The monoisotopic (exact) mass is 404 g/mol. The highest BCUT2D eigenvalue weighted by Gasteiger charge is 2.16. The van der Waals surface area contributed by atoms with Crippen molar-refractivity contribution in [1.82, 2.24) is 0 Å². The number of hydrogen-bond donors (Lipinski definition) is 2. The lowest BCUT2D eigenvalue weighted by atomic mass is 10.0. The van der Waals surface area contributed by atoms with Crippen LogP contribution in [-0.2, 0) is 4.57 Å². The molecule has 0 spiro atoms. The highest BCUT2D eigenvalue weighted by Crippen LogP contribution is 2.42. The summed E-state index contributed by atoms with van der Waals surface area (Å²) in [6, 6.07) is 7.79. The Morgan fingerprint density at radius 1 is 1.12 bits per heavy atom. The highest BCUT2D eigenvalue weighted by atomic mass is 35.5. The Labute approximate surface area is 156 Å². The van der Waals surface area contributed by atoms with Crippen LogP contribution in [0.5, 0.6) is 23.0 Å². The molecule has 0 saturated heterocycles. The van der Waals surface area contributed by atoms with E-state index in [1.807, 2.05) is 13.8 Å². The van der Waals surface area contributed by atoms with Crippen LogP contribution in [0.15, 0.2) is 30.3 Å². The van der Waals surface area contributed by atoms with Gasteiger partial charge in [-0.2, -0.15) is 0 Å². The Morgan fingerprint density at radius 3 is 2.24 bits per heavy atom. The number of aromatic hydroxyl groups is 1. The zero-order valence-corrected chi connectivity index (χ0v) is 16.4. The molecule has 0 aliphatic rings. The minimum Gasteiger partial charge on any atom is -0.508 e. The number of hydrogen-bond acceptors (Lipinski definition) is 4. The molecule has 2 aromatic rings. The van der Waals surface area contributed by atoms with Gasteiger partial charge >= 0.3 is 0 Å². The summed E-state index contributed by atoms with van der Waals surface area (Å²) in [6.45, 7) is 5.11. The van der Waals surface area contributed by atoms with E-state index in [4.69, 9.17) is 32.7 Å². The summed E-state index contributed by atoms with van der Waals surface area (Å²) in [5, 5.41) is 10.3. The zero-order valence-electron chi connectivity index (χ0n) is 14.0. The van der Waals surface area contributed by atoms with E-state index in [0.29, 0.717) is 5.75 Å². The molecule has 0 bridgehead atoms. The summed E-state index contributed by atoms with van der Waals surface area (Å²) < 4.78 is 22.3. The summed E-state index contributed by atoms with van der Waals surface area (Å²) in [5.41, 5.74) is 0.742. The van der Waals surface area contributed by atoms with Crippen LogP contribution < -0.4 is 9.47 Å². The third kappa shape index (κ3) is 5.55. The Kier molecular flexibility index (Phi) is 6.28. The molecule has 8 heteroatoms. The molecular weight excluding hydrogens is 386 g/mol. The fraction of sp³-hybridized carbons (Fsp3) is 0.294. The Morgan fingerprint density at radius 2 is 1.72 bits per heavy atom. The SMILES string of the molecule is CC(C)c1cc(Oc2c(Cl)cc(OCP(C)(=O)O)cc2Cl)ccc1O. The molecule has 2 N–H and O–H groups in total. The quantitative estimate of drug-likeness (QED) is 0.590. The maximum Gasteiger partial charge on any atom is 0.233 e. The van der Waals surface area contributed by atoms with Crippen LogP contribution in [0.3, 0.4) is 0 Å². The van der Waals surface area contributed by atoms with Crippen molar-refractivity contribution in [2.45, 2.75) is 19.8 Å². The first-order valence-corrected chi connectivity index (χ1v) is 10.5. The van der Waals surface area contributed by atoms with Crippen molar-refractivity contribution in [3.05, 3.63) is 45.9 Å². The van der Waals surface area contributed by atoms with Crippen molar-refractivity contribution in [3.8, 4) is 23.0 Å². The molecule has 0 aliphatic heterocycles. The summed E-state index contributed by atoms with van der Waals surface area (Å²) in [7, 11) is -3.31. The van der Waals surface area contributed by atoms with Crippen LogP contribution in [0.25, 0.3) is 0 Å². The van der Waals surface area contributed by atoms with Gasteiger partial charge in [0.25, 0.3) is 0 Å². The molecule has 0 amide bonds. The van der Waals surface area contributed by atoms with Gasteiger partial charge < -0.3 is 19.5 Å². The van der Waals surface area contributed by atoms with Gasteiger partial charge in [0.2, 0.25) is 7.37 Å². The van der Waals surface area contributed by atoms with Gasteiger partial charge in [-0.1, -0.05) is 37.0 Å². The van der Waals surface area contributed by atoms with Gasteiger partial charge in [-0.05, 0) is 24.1 Å². The molecule has 1 atom stereocenters. The number of phenols is 1. The van der Waals surface area contributed by atoms with Gasteiger partial charge in [-0.15, -0.1) is 0 Å². The normalized spacial score (nSPS) is 13.6. The van der Waals surface area contributed by atoms with Crippen LogP contribution in [-0.4, -0.2) is 23.0 Å². The smallest absolute Gasteiger partial charge is 0.233 e. The van der Waals surface area contributed by atoms with Gasteiger partial charge in [0.05, 0.1) is 10.0 Å². The van der Waals surface area contributed by atoms with E-state index in [-0.39, 0.29) is 39.6 Å². The number of rotatable bonds is 6. The van der Waals surface area contributed by atoms with Crippen LogP contribution in [0.4, 0.5) is 0 Å². The van der Waals surface area contributed by atoms with E-state index in [9.17, 15) is 14.6 Å². The third-order valence-electron chi connectivity index (χ3n) is 3.28. The summed E-state index contributed by atoms with van der Waals surface area (Å²) in [4.78, 5) is 9.28. The summed E-state index contributed by atoms with van der Waals surface area (Å²) in [6.07, 6.45) is -0.338. The predicted molar refractivity (Wildman–Crippen MR) is 100.0 cm³/mol. The van der Waals surface area contributed by atoms with Crippen molar-refractivity contribution in [1.29, 1.82) is 0 Å². The molecule has 2 rings (SSSR count). The Balaban J connectivity index is 2.26. The van der Waals surface area contributed by atoms with Crippen molar-refractivity contribution in [3.63, 3.8) is 0 Å². The molecule has 0 saturated carbocycles. The second kappa shape index (κ2) is 7.88. The van der Waals surface area contributed by atoms with Crippen LogP contribution in [0.2, 0.25) is 10.0 Å². The lowest BCUT2D eigenvalue weighted by Crippen LogP contribution is -1.98. The molecule has 1 unspecified atom stereocenters. The molecule has 25 heavy (non-hydrogen) atoms. The minimum absolute atomic E-state index is 0.119. The van der Waals surface area contributed by atoms with Crippen LogP contribution in [0.1, 0.15) is 25.3 Å². The van der Waals surface area contributed by atoms with Crippen molar-refractivity contribution < 1.29 is 24.0 Å². The molecular formula is C17H19Cl2O5P. The van der Waals surface area contributed by atoms with E-state index in [2.05, 4.69) is 0 Å². The van der Waals surface area contributed by atoms with Gasteiger partial charge in [0.1, 0.15) is 17.2 Å². The Bertz CT molecular complexity index is 794. The first-order chi connectivity index (χ1) is 11.6. The van der Waals surface area contributed by atoms with E-state index in [1.165, 1.54) is 18.8 Å². The Hall–Kier alpha value is -1.39. The summed E-state index contributed by atoms with van der Waals surface area (Å²) >= 11 is 12.4. The number of benzene rings is 2. The largest absolute Gasteiger partial charge is 0.508 e. The standard InChI is InChI=1S/C17H19Cl2O5P/c1-10(2)13-6-11(4-5-16(13)20)24-17-14(18)7-12(8-15(17)19)23-9-25(3,21)22/h4-8,10,20H,9H2,1-3H3,(H,21,22). The number of halogens is 2. The van der Waals surface area contributed by atoms with Crippen molar-refractivity contribution >= 4 is 30.6 Å². The molecule has 5 nitrogen and oxygen atoms in total. The predicted octanol–water partition coefficient (Wildman–Crippen LogP) is 5.85. The molecule has 136 valence electrons. The topological polar surface area (TPSA) is 76.0 Å². The zero-order chi connectivity index (χ0) is 18.8. The first-order valence-electron chi connectivity index (χ1n) is 7.48. The molecule has 0 fully saturated rings. The van der Waals surface area contributed by atoms with E-state index >= 15 is 0 Å². The van der Waals surface area contributed by atoms with Crippen molar-refractivity contribution in [2.75, 3.05) is 13.0 Å². The van der Waals surface area contributed by atoms with Gasteiger partial charge in [0, 0.05) is 24.4 Å². The number of phenolic OH excluding ortho intramolecular Hbond substituents is 1. The maximum absolute atomic E-state index is 11.3. The van der Waals surface area contributed by atoms with E-state index < -0.39 is 7.37 Å². The van der Waals surface area contributed by atoms with Gasteiger partial charge in [-0.3, -0.25) is 4.57 Å². The number of ether oxygens (including phenoxy) is 2. The molecule has 0 radical (unpaired) electrons. The first kappa shape index (κ1) is 19.9. The van der Waals surface area contributed by atoms with E-state index in [0.717, 1.165) is 5.56 Å². The van der Waals surface area contributed by atoms with Crippen LogP contribution in [0, 0.1) is 0 Å². The maximum atomic E-state index is 11.3. The molecule has 0 aliphatic carbocycles. The minimum atomic E-state index is -3.31.